The van der Waals surface area contributed by atoms with Gasteiger partial charge in [0.25, 0.3) is 0 Å². The Hall–Kier alpha value is -3.03. The second-order valence-electron chi connectivity index (χ2n) is 7.31. The maximum Gasteiger partial charge on any atom is 0.416 e. The average Bonchev–Trinajstić information content (AvgIpc) is 3.08. The first-order valence-corrected chi connectivity index (χ1v) is 9.83. The van der Waals surface area contributed by atoms with Crippen LogP contribution < -0.4 is 10.6 Å². The van der Waals surface area contributed by atoms with Gasteiger partial charge in [-0.25, -0.2) is 0 Å². The highest BCUT2D eigenvalue weighted by Gasteiger charge is 2.35. The van der Waals surface area contributed by atoms with Crippen molar-refractivity contribution < 1.29 is 22.8 Å². The minimum absolute atomic E-state index is 0.0630. The van der Waals surface area contributed by atoms with Crippen molar-refractivity contribution in [1.29, 1.82) is 0 Å². The SMILES string of the molecule is O=C(NCCCNc1ccccc1)C1CC(=O)N(Cc2cccc(C(F)(F)F)c2)C1. The Morgan fingerprint density at radius 2 is 1.83 bits per heavy atom. The number of hydrogen-bond acceptors (Lipinski definition) is 3. The lowest BCUT2D eigenvalue weighted by molar-refractivity contribution is -0.137. The number of rotatable bonds is 8. The summed E-state index contributed by atoms with van der Waals surface area (Å²) in [6.07, 6.45) is -3.62. The molecule has 2 aromatic carbocycles. The number of carbonyl (C=O) groups is 2. The third-order valence-corrected chi connectivity index (χ3v) is 4.97. The van der Waals surface area contributed by atoms with Gasteiger partial charge in [-0.2, -0.15) is 13.2 Å². The van der Waals surface area contributed by atoms with E-state index in [9.17, 15) is 22.8 Å². The number of alkyl halides is 3. The largest absolute Gasteiger partial charge is 0.416 e. The van der Waals surface area contributed by atoms with E-state index < -0.39 is 17.7 Å². The van der Waals surface area contributed by atoms with E-state index in [4.69, 9.17) is 0 Å². The number of hydrogen-bond donors (Lipinski definition) is 2. The minimum Gasteiger partial charge on any atom is -0.385 e. The number of para-hydroxylation sites is 1. The van der Waals surface area contributed by atoms with Gasteiger partial charge in [0.15, 0.2) is 0 Å². The standard InChI is InChI=1S/C22H24F3N3O2/c23-22(24,25)18-7-4-6-16(12-18)14-28-15-17(13-20(28)29)21(30)27-11-5-10-26-19-8-2-1-3-9-19/h1-4,6-9,12,17,26H,5,10-11,13-15H2,(H,27,30). The molecule has 0 aromatic heterocycles. The Labute approximate surface area is 173 Å². The lowest BCUT2D eigenvalue weighted by atomic mass is 10.1. The summed E-state index contributed by atoms with van der Waals surface area (Å²) in [5.74, 6) is -0.904. The highest BCUT2D eigenvalue weighted by molar-refractivity contribution is 5.89. The van der Waals surface area contributed by atoms with Crippen molar-refractivity contribution in [2.45, 2.75) is 25.6 Å². The molecule has 0 radical (unpaired) electrons. The van der Waals surface area contributed by atoms with E-state index in [0.717, 1.165) is 24.2 Å². The van der Waals surface area contributed by atoms with Crippen LogP contribution in [0.3, 0.4) is 0 Å². The predicted octanol–water partition coefficient (Wildman–Crippen LogP) is 3.67. The number of carbonyl (C=O) groups excluding carboxylic acids is 2. The van der Waals surface area contributed by atoms with E-state index in [1.807, 2.05) is 30.3 Å². The highest BCUT2D eigenvalue weighted by Crippen LogP contribution is 2.30. The quantitative estimate of drug-likeness (QED) is 0.642. The van der Waals surface area contributed by atoms with E-state index in [2.05, 4.69) is 10.6 Å². The molecule has 1 unspecified atom stereocenters. The predicted molar refractivity (Wildman–Crippen MR) is 108 cm³/mol. The first-order chi connectivity index (χ1) is 14.3. The minimum atomic E-state index is -4.43. The van der Waals surface area contributed by atoms with Gasteiger partial charge < -0.3 is 15.5 Å². The summed E-state index contributed by atoms with van der Waals surface area (Å²) in [6, 6.07) is 14.6. The van der Waals surface area contributed by atoms with E-state index >= 15 is 0 Å². The Kier molecular flexibility index (Phi) is 6.97. The summed E-state index contributed by atoms with van der Waals surface area (Å²) in [6.45, 7) is 1.46. The summed E-state index contributed by atoms with van der Waals surface area (Å²) < 4.78 is 38.6. The zero-order valence-electron chi connectivity index (χ0n) is 16.4. The maximum absolute atomic E-state index is 12.9. The zero-order chi connectivity index (χ0) is 21.6. The molecule has 1 fully saturated rings. The Morgan fingerprint density at radius 1 is 1.07 bits per heavy atom. The number of halogens is 3. The molecule has 3 rings (SSSR count). The summed E-state index contributed by atoms with van der Waals surface area (Å²) in [7, 11) is 0. The summed E-state index contributed by atoms with van der Waals surface area (Å²) in [4.78, 5) is 26.0. The van der Waals surface area contributed by atoms with Crippen LogP contribution >= 0.6 is 0 Å². The highest BCUT2D eigenvalue weighted by atomic mass is 19.4. The molecule has 160 valence electrons. The molecule has 0 saturated carbocycles. The van der Waals surface area contributed by atoms with Crippen molar-refractivity contribution in [2.24, 2.45) is 5.92 Å². The second kappa shape index (κ2) is 9.65. The van der Waals surface area contributed by atoms with Gasteiger partial charge in [0.2, 0.25) is 11.8 Å². The molecule has 5 nitrogen and oxygen atoms in total. The van der Waals surface area contributed by atoms with Gasteiger partial charge in [0, 0.05) is 38.3 Å². The van der Waals surface area contributed by atoms with E-state index in [1.165, 1.54) is 11.0 Å². The summed E-state index contributed by atoms with van der Waals surface area (Å²) in [5.41, 5.74) is 0.659. The van der Waals surface area contributed by atoms with Gasteiger partial charge in [-0.05, 0) is 36.2 Å². The van der Waals surface area contributed by atoms with Crippen molar-refractivity contribution >= 4 is 17.5 Å². The van der Waals surface area contributed by atoms with Crippen molar-refractivity contribution in [3.8, 4) is 0 Å². The molecule has 1 heterocycles. The van der Waals surface area contributed by atoms with Gasteiger partial charge in [-0.15, -0.1) is 0 Å². The molecule has 2 amide bonds. The Morgan fingerprint density at radius 3 is 2.57 bits per heavy atom. The first-order valence-electron chi connectivity index (χ1n) is 9.83. The van der Waals surface area contributed by atoms with Crippen LogP contribution in [-0.4, -0.2) is 36.3 Å². The van der Waals surface area contributed by atoms with Crippen LogP contribution in [-0.2, 0) is 22.3 Å². The zero-order valence-corrected chi connectivity index (χ0v) is 16.4. The van der Waals surface area contributed by atoms with Crippen molar-refractivity contribution in [1.82, 2.24) is 10.2 Å². The summed E-state index contributed by atoms with van der Waals surface area (Å²) >= 11 is 0. The molecule has 8 heteroatoms. The maximum atomic E-state index is 12.9. The van der Waals surface area contributed by atoms with Crippen molar-refractivity contribution in [3.63, 3.8) is 0 Å². The molecule has 30 heavy (non-hydrogen) atoms. The molecule has 1 saturated heterocycles. The van der Waals surface area contributed by atoms with Crippen LogP contribution in [0.4, 0.5) is 18.9 Å². The van der Waals surface area contributed by atoms with E-state index in [0.29, 0.717) is 18.7 Å². The van der Waals surface area contributed by atoms with Crippen molar-refractivity contribution in [3.05, 3.63) is 65.7 Å². The van der Waals surface area contributed by atoms with Crippen LogP contribution in [0.2, 0.25) is 0 Å². The van der Waals surface area contributed by atoms with Gasteiger partial charge in [-0.1, -0.05) is 30.3 Å². The van der Waals surface area contributed by atoms with Crippen molar-refractivity contribution in [2.75, 3.05) is 25.0 Å². The number of benzene rings is 2. The second-order valence-corrected chi connectivity index (χ2v) is 7.31. The lowest BCUT2D eigenvalue weighted by Crippen LogP contribution is -2.34. The molecular formula is C22H24F3N3O2. The number of anilines is 1. The summed E-state index contributed by atoms with van der Waals surface area (Å²) in [5, 5.41) is 6.09. The van der Waals surface area contributed by atoms with Gasteiger partial charge in [-0.3, -0.25) is 9.59 Å². The van der Waals surface area contributed by atoms with Crippen LogP contribution in [0.1, 0.15) is 24.0 Å². The first kappa shape index (κ1) is 21.7. The monoisotopic (exact) mass is 419 g/mol. The van der Waals surface area contributed by atoms with Crippen LogP contribution in [0.5, 0.6) is 0 Å². The number of nitrogens with zero attached hydrogens (tertiary/aromatic N) is 1. The van der Waals surface area contributed by atoms with Crippen LogP contribution in [0, 0.1) is 5.92 Å². The van der Waals surface area contributed by atoms with Crippen LogP contribution in [0.15, 0.2) is 54.6 Å². The topological polar surface area (TPSA) is 61.4 Å². The molecule has 2 aromatic rings. The molecule has 0 aliphatic carbocycles. The van der Waals surface area contributed by atoms with Gasteiger partial charge in [0.1, 0.15) is 0 Å². The molecule has 1 atom stereocenters. The third-order valence-electron chi connectivity index (χ3n) is 4.97. The third kappa shape index (κ3) is 5.98. The average molecular weight is 419 g/mol. The van der Waals surface area contributed by atoms with E-state index in [1.54, 1.807) is 6.07 Å². The van der Waals surface area contributed by atoms with E-state index in [-0.39, 0.29) is 31.3 Å². The Bertz CT molecular complexity index is 871. The Balaban J connectivity index is 1.43. The number of likely N-dealkylation sites (tertiary alicyclic amines) is 1. The lowest BCUT2D eigenvalue weighted by Gasteiger charge is -2.17. The van der Waals surface area contributed by atoms with Gasteiger partial charge in [0.05, 0.1) is 11.5 Å². The smallest absolute Gasteiger partial charge is 0.385 e. The fourth-order valence-electron chi connectivity index (χ4n) is 3.40. The fraction of sp³-hybridized carbons (Fsp3) is 0.364. The van der Waals surface area contributed by atoms with Crippen LogP contribution in [0.25, 0.3) is 0 Å². The molecule has 1 aliphatic rings. The number of amides is 2. The molecule has 2 N–H and O–H groups in total. The normalized spacial score (nSPS) is 16.6. The molecule has 0 bridgehead atoms. The number of nitrogens with one attached hydrogen (secondary N) is 2. The molecular weight excluding hydrogens is 395 g/mol. The fourth-order valence-corrected chi connectivity index (χ4v) is 3.40. The van der Waals surface area contributed by atoms with Gasteiger partial charge >= 0.3 is 6.18 Å². The molecule has 0 spiro atoms. The molecule has 1 aliphatic heterocycles.